The summed E-state index contributed by atoms with van der Waals surface area (Å²) in [6, 6.07) is -4.03. The summed E-state index contributed by atoms with van der Waals surface area (Å²) >= 11 is 0. The average molecular weight is 952 g/mol. The van der Waals surface area contributed by atoms with Gasteiger partial charge >= 0.3 is 5.97 Å². The number of ketones is 4. The molecule has 0 spiro atoms. The van der Waals surface area contributed by atoms with Crippen molar-refractivity contribution in [3.63, 3.8) is 0 Å². The number of hydrogen-bond acceptors (Lipinski definition) is 12. The van der Waals surface area contributed by atoms with Crippen LogP contribution >= 0.6 is 0 Å². The predicted octanol–water partition coefficient (Wildman–Crippen LogP) is 4.62. The Labute approximate surface area is 398 Å². The number of carbonyl (C=O) groups is 10. The van der Waals surface area contributed by atoms with Crippen LogP contribution in [0.25, 0.3) is 0 Å². The van der Waals surface area contributed by atoms with Crippen LogP contribution in [-0.4, -0.2) is 118 Å². The van der Waals surface area contributed by atoms with Crippen molar-refractivity contribution in [2.24, 2.45) is 5.92 Å². The van der Waals surface area contributed by atoms with Gasteiger partial charge in [0, 0.05) is 63.8 Å². The van der Waals surface area contributed by atoms with Gasteiger partial charge in [-0.2, -0.15) is 0 Å². The van der Waals surface area contributed by atoms with Crippen molar-refractivity contribution in [2.45, 2.75) is 219 Å². The Balaban J connectivity index is 4.37. The van der Waals surface area contributed by atoms with Crippen LogP contribution in [-0.2, 0) is 47.9 Å². The Hall–Kier alpha value is -4.58. The minimum absolute atomic E-state index is 0.00792. The molecule has 0 heterocycles. The van der Waals surface area contributed by atoms with Gasteiger partial charge in [-0.05, 0) is 39.0 Å². The van der Waals surface area contributed by atoms with E-state index in [1.807, 2.05) is 6.92 Å². The van der Waals surface area contributed by atoms with Gasteiger partial charge in [0.15, 0.2) is 11.6 Å². The number of unbranched alkanes of at least 4 members (excludes halogenated alkanes) is 15. The van der Waals surface area contributed by atoms with E-state index in [-0.39, 0.29) is 63.2 Å². The van der Waals surface area contributed by atoms with E-state index in [2.05, 4.69) is 33.5 Å². The molecule has 384 valence electrons. The third-order valence-corrected chi connectivity index (χ3v) is 11.8. The van der Waals surface area contributed by atoms with Gasteiger partial charge in [-0.25, -0.2) is 4.79 Å². The van der Waals surface area contributed by atoms with E-state index in [9.17, 15) is 63.3 Å². The zero-order chi connectivity index (χ0) is 50.2. The lowest BCUT2D eigenvalue weighted by atomic mass is 9.95. The Bertz CT molecular complexity index is 1510. The minimum atomic E-state index is -1.39. The second-order valence-corrected chi connectivity index (χ2v) is 17.6. The van der Waals surface area contributed by atoms with Crippen LogP contribution in [0.3, 0.4) is 0 Å². The SMILES string of the molecule is CCCCCCCCCCCCCCCCCC(=O)N[C@@H](CCC(=O)CCC(=O)N[C@@H](CO)C(=O)CCC(=O)NC(CO)C(=O)CCC(=O)NCC(=O)NCCCC[C@H](CC)C(C)=O)C(=O)O. The number of carboxylic acids is 1. The number of amides is 5. The van der Waals surface area contributed by atoms with Gasteiger partial charge in [-0.3, -0.25) is 43.2 Å². The van der Waals surface area contributed by atoms with Gasteiger partial charge in [-0.1, -0.05) is 110 Å². The Morgan fingerprint density at radius 2 is 0.881 bits per heavy atom. The number of Topliss-reactive ketones (excluding diaryl/α,β-unsaturated/α-hetero) is 4. The smallest absolute Gasteiger partial charge is 0.326 e. The second kappa shape index (κ2) is 40.5. The molecule has 8 N–H and O–H groups in total. The summed E-state index contributed by atoms with van der Waals surface area (Å²) in [6.07, 6.45) is 18.4. The number of aliphatic hydroxyl groups is 2. The first-order valence-electron chi connectivity index (χ1n) is 25.0. The number of rotatable bonds is 45. The highest BCUT2D eigenvalue weighted by Crippen LogP contribution is 2.15. The molecular formula is C49H85N5O13. The van der Waals surface area contributed by atoms with E-state index in [0.717, 1.165) is 38.5 Å². The summed E-state index contributed by atoms with van der Waals surface area (Å²) < 4.78 is 0. The molecule has 18 nitrogen and oxygen atoms in total. The maximum Gasteiger partial charge on any atom is 0.326 e. The van der Waals surface area contributed by atoms with Crippen LogP contribution < -0.4 is 26.6 Å². The Morgan fingerprint density at radius 1 is 0.433 bits per heavy atom. The van der Waals surface area contributed by atoms with E-state index < -0.39 is 97.0 Å². The molecule has 4 atom stereocenters. The van der Waals surface area contributed by atoms with Gasteiger partial charge in [0.2, 0.25) is 29.5 Å². The van der Waals surface area contributed by atoms with Crippen molar-refractivity contribution in [3.8, 4) is 0 Å². The number of carboxylic acid groups (broad SMARTS) is 1. The van der Waals surface area contributed by atoms with Gasteiger partial charge in [-0.15, -0.1) is 0 Å². The highest BCUT2D eigenvalue weighted by atomic mass is 16.4. The summed E-state index contributed by atoms with van der Waals surface area (Å²) in [5.41, 5.74) is 0. The zero-order valence-corrected chi connectivity index (χ0v) is 40.9. The molecule has 0 aromatic carbocycles. The molecule has 0 aliphatic carbocycles. The number of aliphatic carboxylic acids is 1. The molecular weight excluding hydrogens is 867 g/mol. The van der Waals surface area contributed by atoms with E-state index in [0.29, 0.717) is 19.4 Å². The molecule has 18 heteroatoms. The monoisotopic (exact) mass is 952 g/mol. The molecule has 0 radical (unpaired) electrons. The molecule has 0 rings (SSSR count). The zero-order valence-electron chi connectivity index (χ0n) is 40.9. The summed E-state index contributed by atoms with van der Waals surface area (Å²) in [6.45, 7) is 4.23. The normalized spacial score (nSPS) is 12.8. The number of nitrogens with one attached hydrogen (secondary N) is 5. The average Bonchev–Trinajstić information content (AvgIpc) is 3.30. The standard InChI is InChI=1S/C49H85N5O13/c1-4-6-7-8-9-10-11-12-13-14-15-16-17-18-19-23-45(62)52-39(49(66)67)26-24-38(58)25-29-46(63)53-41(35-56)43(60)28-31-47(64)54-40(34-55)42(59)27-30-44(61)51-33-48(65)50-32-21-20-22-37(5-2)36(3)57/h37,39-41,55-56H,4-35H2,1-3H3,(H,50,65)(H,51,61)(H,52,62)(H,53,63)(H,54,64)(H,66,67)/t37-,39-,40?,41-/m0/s1. The number of aliphatic hydroxyl groups excluding tert-OH is 2. The first-order chi connectivity index (χ1) is 32.1. The minimum Gasteiger partial charge on any atom is -0.480 e. The van der Waals surface area contributed by atoms with Crippen LogP contribution in [0.1, 0.15) is 201 Å². The molecule has 1 unspecified atom stereocenters. The fourth-order valence-electron chi connectivity index (χ4n) is 7.44. The quantitative estimate of drug-likeness (QED) is 0.0388. The molecule has 0 aromatic rings. The van der Waals surface area contributed by atoms with Crippen molar-refractivity contribution >= 4 is 58.6 Å². The molecule has 0 saturated carbocycles. The maximum atomic E-state index is 12.7. The van der Waals surface area contributed by atoms with Crippen molar-refractivity contribution in [3.05, 3.63) is 0 Å². The number of carbonyl (C=O) groups excluding carboxylic acids is 9. The van der Waals surface area contributed by atoms with Gasteiger partial charge in [0.05, 0.1) is 19.8 Å². The molecule has 0 bridgehead atoms. The fourth-order valence-corrected chi connectivity index (χ4v) is 7.44. The van der Waals surface area contributed by atoms with Gasteiger partial charge in [0.25, 0.3) is 0 Å². The van der Waals surface area contributed by atoms with Crippen molar-refractivity contribution < 1.29 is 63.3 Å². The first kappa shape index (κ1) is 62.4. The molecule has 0 aliphatic rings. The third-order valence-electron chi connectivity index (χ3n) is 11.8. The molecule has 5 amide bonds. The highest BCUT2D eigenvalue weighted by molar-refractivity contribution is 5.95. The topological polar surface area (TPSA) is 292 Å². The summed E-state index contributed by atoms with van der Waals surface area (Å²) in [5, 5.41) is 41.1. The molecule has 67 heavy (non-hydrogen) atoms. The van der Waals surface area contributed by atoms with E-state index in [1.54, 1.807) is 6.92 Å². The van der Waals surface area contributed by atoms with Crippen LogP contribution in [0.15, 0.2) is 0 Å². The van der Waals surface area contributed by atoms with E-state index in [1.165, 1.54) is 70.6 Å². The van der Waals surface area contributed by atoms with Crippen molar-refractivity contribution in [2.75, 3.05) is 26.3 Å². The first-order valence-corrected chi connectivity index (χ1v) is 25.0. The maximum absolute atomic E-state index is 12.7. The second-order valence-electron chi connectivity index (χ2n) is 17.6. The van der Waals surface area contributed by atoms with Crippen LogP contribution in [0.4, 0.5) is 0 Å². The lowest BCUT2D eigenvalue weighted by molar-refractivity contribution is -0.142. The lowest BCUT2D eigenvalue weighted by Crippen LogP contribution is -2.45. The summed E-state index contributed by atoms with van der Waals surface area (Å²) in [5.74, 6) is -5.90. The summed E-state index contributed by atoms with van der Waals surface area (Å²) in [4.78, 5) is 123. The molecule has 0 fully saturated rings. The molecule has 0 aromatic heterocycles. The molecule has 0 saturated heterocycles. The van der Waals surface area contributed by atoms with Gasteiger partial charge in [0.1, 0.15) is 29.7 Å². The van der Waals surface area contributed by atoms with Crippen LogP contribution in [0.2, 0.25) is 0 Å². The van der Waals surface area contributed by atoms with Crippen molar-refractivity contribution in [1.29, 1.82) is 0 Å². The lowest BCUT2D eigenvalue weighted by Gasteiger charge is -2.17. The van der Waals surface area contributed by atoms with Crippen LogP contribution in [0, 0.1) is 5.92 Å². The summed E-state index contributed by atoms with van der Waals surface area (Å²) in [7, 11) is 0. The molecule has 0 aliphatic heterocycles. The third kappa shape index (κ3) is 34.4. The van der Waals surface area contributed by atoms with Crippen LogP contribution in [0.5, 0.6) is 0 Å². The van der Waals surface area contributed by atoms with Gasteiger partial charge < -0.3 is 41.9 Å². The Morgan fingerprint density at radius 3 is 1.34 bits per heavy atom. The highest BCUT2D eigenvalue weighted by Gasteiger charge is 2.25. The van der Waals surface area contributed by atoms with E-state index in [4.69, 9.17) is 0 Å². The van der Waals surface area contributed by atoms with E-state index >= 15 is 0 Å². The largest absolute Gasteiger partial charge is 0.480 e. The predicted molar refractivity (Wildman–Crippen MR) is 253 cm³/mol. The van der Waals surface area contributed by atoms with Crippen molar-refractivity contribution in [1.82, 2.24) is 26.6 Å². The number of hydrogen-bond donors (Lipinski definition) is 8. The Kier molecular flexibility index (Phi) is 37.7. The fraction of sp³-hybridized carbons (Fsp3) is 0.796.